The van der Waals surface area contributed by atoms with Crippen molar-refractivity contribution in [2.75, 3.05) is 4.90 Å². The van der Waals surface area contributed by atoms with Crippen LogP contribution in [0.25, 0.3) is 22.1 Å². The summed E-state index contributed by atoms with van der Waals surface area (Å²) in [6.07, 6.45) is 3.33. The van der Waals surface area contributed by atoms with E-state index in [2.05, 4.69) is 22.1 Å². The number of H-pyrrole nitrogens is 1. The number of imidazole rings is 1. The molecule has 0 aliphatic rings. The number of nitrogens with one attached hydrogen (secondary N) is 1. The van der Waals surface area contributed by atoms with Gasteiger partial charge in [-0.05, 0) is 35.4 Å². The third kappa shape index (κ3) is 3.49. The first kappa shape index (κ1) is 17.9. The van der Waals surface area contributed by atoms with Gasteiger partial charge in [-0.25, -0.2) is 4.98 Å². The Labute approximate surface area is 173 Å². The molecule has 0 saturated carbocycles. The lowest BCUT2D eigenvalue weighted by Gasteiger charge is -2.21. The first-order valence-corrected chi connectivity index (χ1v) is 9.71. The summed E-state index contributed by atoms with van der Waals surface area (Å²) in [5.74, 6) is 0.108. The maximum Gasteiger partial charge on any atom is 0.294 e. The highest BCUT2D eigenvalue weighted by Gasteiger charge is 2.22. The summed E-state index contributed by atoms with van der Waals surface area (Å²) in [6.45, 7) is 0.362. The van der Waals surface area contributed by atoms with Crippen LogP contribution in [0.3, 0.4) is 0 Å². The fraction of sp³-hybridized carbons (Fsp3) is 0.0400. The number of furan rings is 1. The highest BCUT2D eigenvalue weighted by atomic mass is 16.3. The molecule has 5 aromatic rings. The lowest BCUT2D eigenvalue weighted by atomic mass is 10.1. The highest BCUT2D eigenvalue weighted by molar-refractivity contribution is 6.06. The predicted octanol–water partition coefficient (Wildman–Crippen LogP) is 5.67. The van der Waals surface area contributed by atoms with E-state index < -0.39 is 0 Å². The molecule has 146 valence electrons. The van der Waals surface area contributed by atoms with Crippen LogP contribution >= 0.6 is 0 Å². The van der Waals surface area contributed by atoms with Gasteiger partial charge in [0.25, 0.3) is 5.91 Å². The first-order chi connectivity index (χ1) is 14.8. The molecule has 0 saturated heterocycles. The van der Waals surface area contributed by atoms with E-state index in [0.29, 0.717) is 17.9 Å². The van der Waals surface area contributed by atoms with Gasteiger partial charge in [0, 0.05) is 17.3 Å². The van der Waals surface area contributed by atoms with Crippen LogP contribution in [-0.4, -0.2) is 15.9 Å². The summed E-state index contributed by atoms with van der Waals surface area (Å²) < 4.78 is 5.83. The van der Waals surface area contributed by atoms with Gasteiger partial charge in [-0.3, -0.25) is 9.69 Å². The molecule has 30 heavy (non-hydrogen) atoms. The van der Waals surface area contributed by atoms with Crippen LogP contribution < -0.4 is 4.90 Å². The number of anilines is 1. The quantitative estimate of drug-likeness (QED) is 0.418. The normalized spacial score (nSPS) is 10.9. The number of para-hydroxylation sites is 1. The second kappa shape index (κ2) is 7.72. The van der Waals surface area contributed by atoms with Gasteiger partial charge in [0.2, 0.25) is 0 Å². The molecule has 5 rings (SSSR count). The molecule has 0 unspecified atom stereocenters. The molecule has 1 N–H and O–H groups in total. The molecule has 0 aliphatic carbocycles. The SMILES string of the molecule is O=C(c1cc2ccccc2o1)N(Cc1cnc[nH]1)c1ccc(-c2ccccc2)cc1. The minimum absolute atomic E-state index is 0.201. The number of carbonyl (C=O) groups excluding carboxylic acids is 1. The average molecular weight is 393 g/mol. The zero-order chi connectivity index (χ0) is 20.3. The third-order valence-corrected chi connectivity index (χ3v) is 5.05. The Morgan fingerprint density at radius 2 is 1.63 bits per heavy atom. The molecule has 5 nitrogen and oxygen atoms in total. The number of hydrogen-bond donors (Lipinski definition) is 1. The van der Waals surface area contributed by atoms with Gasteiger partial charge in [0.15, 0.2) is 5.76 Å². The van der Waals surface area contributed by atoms with E-state index in [1.165, 1.54) is 0 Å². The molecule has 1 amide bonds. The summed E-state index contributed by atoms with van der Waals surface area (Å²) in [7, 11) is 0. The van der Waals surface area contributed by atoms with Crippen molar-refractivity contribution < 1.29 is 9.21 Å². The number of hydrogen-bond acceptors (Lipinski definition) is 3. The standard InChI is InChI=1S/C25H19N3O2/c29-25(24-14-20-8-4-5-9-23(20)30-24)28(16-21-15-26-17-27-21)22-12-10-19(11-13-22)18-6-2-1-3-7-18/h1-15,17H,16H2,(H,26,27). The number of carbonyl (C=O) groups is 1. The summed E-state index contributed by atoms with van der Waals surface area (Å²) >= 11 is 0. The molecule has 5 heteroatoms. The predicted molar refractivity (Wildman–Crippen MR) is 117 cm³/mol. The van der Waals surface area contributed by atoms with E-state index in [1.807, 2.05) is 66.7 Å². The summed E-state index contributed by atoms with van der Waals surface area (Å²) in [4.78, 5) is 22.2. The summed E-state index contributed by atoms with van der Waals surface area (Å²) in [6, 6.07) is 27.5. The van der Waals surface area contributed by atoms with E-state index >= 15 is 0 Å². The van der Waals surface area contributed by atoms with E-state index in [9.17, 15) is 4.79 Å². The molecule has 3 aromatic carbocycles. The van der Waals surface area contributed by atoms with Crippen molar-refractivity contribution in [3.63, 3.8) is 0 Å². The molecule has 0 radical (unpaired) electrons. The van der Waals surface area contributed by atoms with Crippen molar-refractivity contribution >= 4 is 22.6 Å². The summed E-state index contributed by atoms with van der Waals surface area (Å²) in [5.41, 5.74) is 4.55. The zero-order valence-electron chi connectivity index (χ0n) is 16.2. The second-order valence-corrected chi connectivity index (χ2v) is 7.03. The van der Waals surface area contributed by atoms with Crippen molar-refractivity contribution in [2.24, 2.45) is 0 Å². The van der Waals surface area contributed by atoms with Crippen molar-refractivity contribution in [3.05, 3.63) is 109 Å². The van der Waals surface area contributed by atoms with Gasteiger partial charge < -0.3 is 9.40 Å². The smallest absolute Gasteiger partial charge is 0.294 e. The fourth-order valence-corrected chi connectivity index (χ4v) is 3.51. The Morgan fingerprint density at radius 3 is 2.37 bits per heavy atom. The van der Waals surface area contributed by atoms with Crippen LogP contribution in [0.5, 0.6) is 0 Å². The lowest BCUT2D eigenvalue weighted by molar-refractivity contribution is 0.0960. The second-order valence-electron chi connectivity index (χ2n) is 7.03. The Morgan fingerprint density at radius 1 is 0.900 bits per heavy atom. The van der Waals surface area contributed by atoms with Crippen molar-refractivity contribution in [1.82, 2.24) is 9.97 Å². The van der Waals surface area contributed by atoms with Crippen LogP contribution in [0.15, 0.2) is 102 Å². The monoisotopic (exact) mass is 393 g/mol. The molecule has 2 aromatic heterocycles. The number of amides is 1. The van der Waals surface area contributed by atoms with Gasteiger partial charge >= 0.3 is 0 Å². The molecule has 0 atom stereocenters. The molecular formula is C25H19N3O2. The number of aromatic amines is 1. The Bertz CT molecular complexity index is 1240. The number of aromatic nitrogens is 2. The number of nitrogens with zero attached hydrogens (tertiary/aromatic N) is 2. The molecule has 0 bridgehead atoms. The number of fused-ring (bicyclic) bond motifs is 1. The lowest BCUT2D eigenvalue weighted by Crippen LogP contribution is -2.30. The van der Waals surface area contributed by atoms with E-state index in [-0.39, 0.29) is 5.91 Å². The topological polar surface area (TPSA) is 62.1 Å². The number of rotatable bonds is 5. The molecule has 0 spiro atoms. The average Bonchev–Trinajstić information content (AvgIpc) is 3.47. The summed E-state index contributed by atoms with van der Waals surface area (Å²) in [5, 5.41) is 0.904. The van der Waals surface area contributed by atoms with Crippen LogP contribution in [0.2, 0.25) is 0 Å². The minimum Gasteiger partial charge on any atom is -0.451 e. The zero-order valence-corrected chi connectivity index (χ0v) is 16.2. The first-order valence-electron chi connectivity index (χ1n) is 9.71. The maximum atomic E-state index is 13.4. The van der Waals surface area contributed by atoms with E-state index in [4.69, 9.17) is 4.42 Å². The Hall–Kier alpha value is -4.12. The Balaban J connectivity index is 1.50. The van der Waals surface area contributed by atoms with Crippen LogP contribution in [0, 0.1) is 0 Å². The van der Waals surface area contributed by atoms with Gasteiger partial charge in [-0.15, -0.1) is 0 Å². The van der Waals surface area contributed by atoms with Crippen LogP contribution in [0.4, 0.5) is 5.69 Å². The van der Waals surface area contributed by atoms with Gasteiger partial charge in [-0.2, -0.15) is 0 Å². The number of benzene rings is 3. The van der Waals surface area contributed by atoms with Gasteiger partial charge in [-0.1, -0.05) is 60.7 Å². The van der Waals surface area contributed by atoms with Crippen molar-refractivity contribution in [2.45, 2.75) is 6.54 Å². The van der Waals surface area contributed by atoms with Gasteiger partial charge in [0.1, 0.15) is 5.58 Å². The van der Waals surface area contributed by atoms with Gasteiger partial charge in [0.05, 0.1) is 18.6 Å². The van der Waals surface area contributed by atoms with Crippen molar-refractivity contribution in [3.8, 4) is 11.1 Å². The highest BCUT2D eigenvalue weighted by Crippen LogP contribution is 2.27. The minimum atomic E-state index is -0.201. The Kier molecular flexibility index (Phi) is 4.62. The maximum absolute atomic E-state index is 13.4. The van der Waals surface area contributed by atoms with Crippen LogP contribution in [0.1, 0.15) is 16.2 Å². The largest absolute Gasteiger partial charge is 0.451 e. The third-order valence-electron chi connectivity index (χ3n) is 5.05. The fourth-order valence-electron chi connectivity index (χ4n) is 3.51. The van der Waals surface area contributed by atoms with Crippen LogP contribution in [-0.2, 0) is 6.54 Å². The van der Waals surface area contributed by atoms with Crippen molar-refractivity contribution in [1.29, 1.82) is 0 Å². The van der Waals surface area contributed by atoms with E-state index in [1.54, 1.807) is 23.5 Å². The van der Waals surface area contributed by atoms with E-state index in [0.717, 1.165) is 27.9 Å². The molecule has 2 heterocycles. The molecule has 0 fully saturated rings. The molecular weight excluding hydrogens is 374 g/mol. The molecule has 0 aliphatic heterocycles.